The number of esters is 1. The Morgan fingerprint density at radius 1 is 1.44 bits per heavy atom. The molecule has 0 heterocycles. The maximum absolute atomic E-state index is 10.9. The summed E-state index contributed by atoms with van der Waals surface area (Å²) in [4.78, 5) is 21.7. The van der Waals surface area contributed by atoms with E-state index in [9.17, 15) is 9.59 Å². The van der Waals surface area contributed by atoms with E-state index < -0.39 is 11.9 Å². The van der Waals surface area contributed by atoms with Crippen molar-refractivity contribution in [3.05, 3.63) is 29.3 Å². The van der Waals surface area contributed by atoms with Crippen molar-refractivity contribution in [2.45, 2.75) is 13.3 Å². The molecule has 0 atom stereocenters. The van der Waals surface area contributed by atoms with Crippen molar-refractivity contribution in [3.8, 4) is 5.75 Å². The lowest BCUT2D eigenvalue weighted by Gasteiger charge is -2.07. The Kier molecular flexibility index (Phi) is 4.49. The molecule has 0 aliphatic rings. The SMILES string of the molecule is CC(=O)Oc1cc(CCBr)ccc1C(=O)O. The van der Waals surface area contributed by atoms with Crippen molar-refractivity contribution >= 4 is 27.9 Å². The summed E-state index contributed by atoms with van der Waals surface area (Å²) in [5.74, 6) is -1.54. The van der Waals surface area contributed by atoms with Gasteiger partial charge in [0.15, 0.2) is 0 Å². The summed E-state index contributed by atoms with van der Waals surface area (Å²) >= 11 is 3.28. The zero-order valence-corrected chi connectivity index (χ0v) is 10.3. The molecule has 1 N–H and O–H groups in total. The van der Waals surface area contributed by atoms with Crippen LogP contribution in [0.3, 0.4) is 0 Å². The van der Waals surface area contributed by atoms with Crippen LogP contribution in [0.1, 0.15) is 22.8 Å². The average molecular weight is 287 g/mol. The van der Waals surface area contributed by atoms with Crippen LogP contribution >= 0.6 is 15.9 Å². The lowest BCUT2D eigenvalue weighted by molar-refractivity contribution is -0.131. The minimum atomic E-state index is -1.11. The molecule has 0 fully saturated rings. The van der Waals surface area contributed by atoms with Crippen molar-refractivity contribution in [1.82, 2.24) is 0 Å². The molecule has 1 aromatic carbocycles. The highest BCUT2D eigenvalue weighted by atomic mass is 79.9. The van der Waals surface area contributed by atoms with E-state index in [1.165, 1.54) is 13.0 Å². The van der Waals surface area contributed by atoms with Crippen LogP contribution in [0.4, 0.5) is 0 Å². The normalized spacial score (nSPS) is 9.88. The molecule has 4 nitrogen and oxygen atoms in total. The molecule has 0 aliphatic heterocycles. The molecule has 0 saturated heterocycles. The van der Waals surface area contributed by atoms with Gasteiger partial charge >= 0.3 is 11.9 Å². The van der Waals surface area contributed by atoms with E-state index in [4.69, 9.17) is 9.84 Å². The van der Waals surface area contributed by atoms with E-state index in [1.807, 2.05) is 0 Å². The molecule has 1 aromatic rings. The number of rotatable bonds is 4. The highest BCUT2D eigenvalue weighted by Crippen LogP contribution is 2.21. The summed E-state index contributed by atoms with van der Waals surface area (Å²) in [6.45, 7) is 1.24. The molecule has 1 rings (SSSR count). The maximum Gasteiger partial charge on any atom is 0.339 e. The molecule has 0 bridgehead atoms. The zero-order chi connectivity index (χ0) is 12.1. The second-order valence-electron chi connectivity index (χ2n) is 3.17. The Bertz CT molecular complexity index is 414. The number of carboxylic acids is 1. The smallest absolute Gasteiger partial charge is 0.339 e. The molecule has 0 amide bonds. The van der Waals surface area contributed by atoms with Crippen molar-refractivity contribution in [2.75, 3.05) is 5.33 Å². The summed E-state index contributed by atoms with van der Waals surface area (Å²) in [5, 5.41) is 9.66. The van der Waals surface area contributed by atoms with Gasteiger partial charge in [-0.2, -0.15) is 0 Å². The monoisotopic (exact) mass is 286 g/mol. The minimum Gasteiger partial charge on any atom is -0.478 e. The lowest BCUT2D eigenvalue weighted by atomic mass is 10.1. The fourth-order valence-electron chi connectivity index (χ4n) is 1.25. The predicted octanol–water partition coefficient (Wildman–Crippen LogP) is 2.25. The lowest BCUT2D eigenvalue weighted by Crippen LogP contribution is -2.08. The van der Waals surface area contributed by atoms with E-state index >= 15 is 0 Å². The Hall–Kier alpha value is -1.36. The van der Waals surface area contributed by atoms with Crippen LogP contribution in [-0.2, 0) is 11.2 Å². The first-order chi connectivity index (χ1) is 7.54. The standard InChI is InChI=1S/C11H11BrO4/c1-7(13)16-10-6-8(4-5-12)2-3-9(10)11(14)15/h2-3,6H,4-5H2,1H3,(H,14,15). The van der Waals surface area contributed by atoms with Crippen LogP contribution in [0.25, 0.3) is 0 Å². The van der Waals surface area contributed by atoms with Crippen LogP contribution in [-0.4, -0.2) is 22.4 Å². The second-order valence-corrected chi connectivity index (χ2v) is 3.96. The van der Waals surface area contributed by atoms with Gasteiger partial charge in [0.25, 0.3) is 0 Å². The molecule has 5 heteroatoms. The number of hydrogen-bond donors (Lipinski definition) is 1. The second kappa shape index (κ2) is 5.65. The van der Waals surface area contributed by atoms with Gasteiger partial charge in [0.1, 0.15) is 11.3 Å². The minimum absolute atomic E-state index is 0.00600. The van der Waals surface area contributed by atoms with Gasteiger partial charge in [-0.05, 0) is 24.1 Å². The van der Waals surface area contributed by atoms with Crippen molar-refractivity contribution < 1.29 is 19.4 Å². The van der Waals surface area contributed by atoms with Crippen LogP contribution in [0, 0.1) is 0 Å². The molecule has 0 unspecified atom stereocenters. The Morgan fingerprint density at radius 2 is 2.12 bits per heavy atom. The zero-order valence-electron chi connectivity index (χ0n) is 8.70. The number of aryl methyl sites for hydroxylation is 1. The van der Waals surface area contributed by atoms with Crippen LogP contribution in [0.15, 0.2) is 18.2 Å². The number of carbonyl (C=O) groups is 2. The van der Waals surface area contributed by atoms with E-state index in [-0.39, 0.29) is 11.3 Å². The van der Waals surface area contributed by atoms with Crippen molar-refractivity contribution in [2.24, 2.45) is 0 Å². The molecule has 0 saturated carbocycles. The van der Waals surface area contributed by atoms with Crippen LogP contribution < -0.4 is 4.74 Å². The average Bonchev–Trinajstić information content (AvgIpc) is 2.16. The highest BCUT2D eigenvalue weighted by molar-refractivity contribution is 9.09. The number of carboxylic acid groups (broad SMARTS) is 1. The third-order valence-corrected chi connectivity index (χ3v) is 2.31. The number of carbonyl (C=O) groups excluding carboxylic acids is 1. The third-order valence-electron chi connectivity index (χ3n) is 1.91. The summed E-state index contributed by atoms with van der Waals surface area (Å²) < 4.78 is 4.86. The third kappa shape index (κ3) is 3.34. The Morgan fingerprint density at radius 3 is 2.62 bits per heavy atom. The molecule has 0 spiro atoms. The number of aromatic carboxylic acids is 1. The first-order valence-corrected chi connectivity index (χ1v) is 5.77. The number of halogens is 1. The molecule has 0 aliphatic carbocycles. The summed E-state index contributed by atoms with van der Waals surface area (Å²) in [7, 11) is 0. The van der Waals surface area contributed by atoms with Crippen molar-refractivity contribution in [3.63, 3.8) is 0 Å². The molecular formula is C11H11BrO4. The van der Waals surface area contributed by atoms with E-state index in [2.05, 4.69) is 15.9 Å². The van der Waals surface area contributed by atoms with Gasteiger partial charge in [0.05, 0.1) is 0 Å². The van der Waals surface area contributed by atoms with E-state index in [1.54, 1.807) is 12.1 Å². The largest absolute Gasteiger partial charge is 0.478 e. The molecular weight excluding hydrogens is 276 g/mol. The molecule has 16 heavy (non-hydrogen) atoms. The van der Waals surface area contributed by atoms with E-state index in [0.717, 1.165) is 17.3 Å². The number of benzene rings is 1. The molecule has 0 radical (unpaired) electrons. The number of hydrogen-bond acceptors (Lipinski definition) is 3. The molecule has 0 aromatic heterocycles. The quantitative estimate of drug-likeness (QED) is 0.524. The fraction of sp³-hybridized carbons (Fsp3) is 0.273. The number of alkyl halides is 1. The van der Waals surface area contributed by atoms with Crippen molar-refractivity contribution in [1.29, 1.82) is 0 Å². The summed E-state index contributed by atoms with van der Waals surface area (Å²) in [6, 6.07) is 4.72. The van der Waals surface area contributed by atoms with Gasteiger partial charge in [-0.1, -0.05) is 22.0 Å². The Balaban J connectivity index is 3.10. The molecule has 86 valence electrons. The van der Waals surface area contributed by atoms with Gasteiger partial charge in [-0.3, -0.25) is 4.79 Å². The Labute approximate surface area is 101 Å². The predicted molar refractivity (Wildman–Crippen MR) is 62.2 cm³/mol. The van der Waals surface area contributed by atoms with E-state index in [0.29, 0.717) is 0 Å². The van der Waals surface area contributed by atoms with Gasteiger partial charge in [-0.25, -0.2) is 4.79 Å². The maximum atomic E-state index is 10.9. The summed E-state index contributed by atoms with van der Waals surface area (Å²) in [6.07, 6.45) is 0.744. The van der Waals surface area contributed by atoms with Crippen LogP contribution in [0.5, 0.6) is 5.75 Å². The first-order valence-electron chi connectivity index (χ1n) is 4.65. The van der Waals surface area contributed by atoms with Gasteiger partial charge in [0.2, 0.25) is 0 Å². The van der Waals surface area contributed by atoms with Gasteiger partial charge < -0.3 is 9.84 Å². The van der Waals surface area contributed by atoms with Gasteiger partial charge in [-0.15, -0.1) is 0 Å². The fourth-order valence-corrected chi connectivity index (χ4v) is 1.71. The number of ether oxygens (including phenoxy) is 1. The van der Waals surface area contributed by atoms with Crippen LogP contribution in [0.2, 0.25) is 0 Å². The summed E-state index contributed by atoms with van der Waals surface area (Å²) in [5.41, 5.74) is 0.909. The topological polar surface area (TPSA) is 63.6 Å². The highest BCUT2D eigenvalue weighted by Gasteiger charge is 2.13. The first kappa shape index (κ1) is 12.7. The van der Waals surface area contributed by atoms with Gasteiger partial charge in [0, 0.05) is 12.3 Å².